The van der Waals surface area contributed by atoms with Crippen LogP contribution in [0.25, 0.3) is 0 Å². The predicted octanol–water partition coefficient (Wildman–Crippen LogP) is 3.70. The molecule has 0 atom stereocenters. The van der Waals surface area contributed by atoms with Crippen LogP contribution in [0.1, 0.15) is 51.6 Å². The molecule has 1 N–H and O–H groups in total. The van der Waals surface area contributed by atoms with Gasteiger partial charge >= 0.3 is 0 Å². The molecular formula is C16H24N2O2. The van der Waals surface area contributed by atoms with E-state index in [1.165, 1.54) is 0 Å². The van der Waals surface area contributed by atoms with Crippen LogP contribution in [0.4, 0.5) is 5.69 Å². The van der Waals surface area contributed by atoms with Gasteiger partial charge in [-0.3, -0.25) is 4.79 Å². The molecule has 4 nitrogen and oxygen atoms in total. The van der Waals surface area contributed by atoms with Crippen molar-refractivity contribution >= 4 is 11.6 Å². The van der Waals surface area contributed by atoms with Crippen LogP contribution >= 0.6 is 0 Å². The third kappa shape index (κ3) is 3.30. The number of ether oxygens (including phenoxy) is 1. The molecular weight excluding hydrogens is 252 g/mol. The Hall–Kier alpha value is -1.58. The van der Waals surface area contributed by atoms with Crippen molar-refractivity contribution in [3.63, 3.8) is 0 Å². The van der Waals surface area contributed by atoms with Crippen molar-refractivity contribution in [1.82, 2.24) is 4.98 Å². The Labute approximate surface area is 120 Å². The lowest BCUT2D eigenvalue weighted by Gasteiger charge is -2.22. The number of nitrogens with one attached hydrogen (secondary N) is 1. The molecule has 1 aliphatic rings. The summed E-state index contributed by atoms with van der Waals surface area (Å²) >= 11 is 0. The Balaban J connectivity index is 2.04. The maximum Gasteiger partial charge on any atom is 0.230 e. The molecule has 1 amide bonds. The Morgan fingerprint density at radius 2 is 2.10 bits per heavy atom. The topological polar surface area (TPSA) is 51.2 Å². The van der Waals surface area contributed by atoms with E-state index in [-0.39, 0.29) is 11.3 Å². The SMILES string of the molecule is CCCOc1ccc(NC(=O)C2(C)CCCC2)c(C)n1. The smallest absolute Gasteiger partial charge is 0.230 e. The van der Waals surface area contributed by atoms with E-state index >= 15 is 0 Å². The van der Waals surface area contributed by atoms with E-state index in [4.69, 9.17) is 4.74 Å². The quantitative estimate of drug-likeness (QED) is 0.892. The van der Waals surface area contributed by atoms with Crippen LogP contribution in [-0.2, 0) is 4.79 Å². The first-order chi connectivity index (χ1) is 9.55. The maximum atomic E-state index is 12.4. The number of carbonyl (C=O) groups excluding carboxylic acids is 1. The molecule has 0 radical (unpaired) electrons. The van der Waals surface area contributed by atoms with E-state index in [2.05, 4.69) is 24.1 Å². The van der Waals surface area contributed by atoms with Crippen LogP contribution < -0.4 is 10.1 Å². The van der Waals surface area contributed by atoms with Gasteiger partial charge in [-0.05, 0) is 32.3 Å². The van der Waals surface area contributed by atoms with Gasteiger partial charge in [-0.25, -0.2) is 4.98 Å². The van der Waals surface area contributed by atoms with Gasteiger partial charge in [-0.2, -0.15) is 0 Å². The van der Waals surface area contributed by atoms with Crippen molar-refractivity contribution in [2.24, 2.45) is 5.41 Å². The first-order valence-electron chi connectivity index (χ1n) is 7.47. The second kappa shape index (κ2) is 6.25. The Bertz CT molecular complexity index is 479. The molecule has 0 aliphatic heterocycles. The van der Waals surface area contributed by atoms with E-state index < -0.39 is 0 Å². The van der Waals surface area contributed by atoms with E-state index in [9.17, 15) is 4.79 Å². The highest BCUT2D eigenvalue weighted by Gasteiger charge is 2.36. The lowest BCUT2D eigenvalue weighted by molar-refractivity contribution is -0.124. The third-order valence-corrected chi connectivity index (χ3v) is 4.02. The zero-order valence-electron chi connectivity index (χ0n) is 12.7. The van der Waals surface area contributed by atoms with Crippen molar-refractivity contribution in [1.29, 1.82) is 0 Å². The molecule has 1 heterocycles. The summed E-state index contributed by atoms with van der Waals surface area (Å²) in [6.07, 6.45) is 5.19. The molecule has 0 aromatic carbocycles. The predicted molar refractivity (Wildman–Crippen MR) is 80.0 cm³/mol. The first kappa shape index (κ1) is 14.8. The van der Waals surface area contributed by atoms with Gasteiger partial charge in [0.25, 0.3) is 0 Å². The van der Waals surface area contributed by atoms with Crippen molar-refractivity contribution in [2.45, 2.75) is 52.9 Å². The van der Waals surface area contributed by atoms with Gasteiger partial charge in [0.1, 0.15) is 0 Å². The summed E-state index contributed by atoms with van der Waals surface area (Å²) in [6.45, 7) is 6.67. The fourth-order valence-corrected chi connectivity index (χ4v) is 2.61. The summed E-state index contributed by atoms with van der Waals surface area (Å²) in [7, 11) is 0. The van der Waals surface area contributed by atoms with Crippen LogP contribution in [0.2, 0.25) is 0 Å². The number of hydrogen-bond donors (Lipinski definition) is 1. The fraction of sp³-hybridized carbons (Fsp3) is 0.625. The number of hydrogen-bond acceptors (Lipinski definition) is 3. The maximum absolute atomic E-state index is 12.4. The van der Waals surface area contributed by atoms with Crippen LogP contribution in [0.5, 0.6) is 5.88 Å². The standard InChI is InChI=1S/C16H24N2O2/c1-4-11-20-14-8-7-13(12(2)17-14)18-15(19)16(3)9-5-6-10-16/h7-8H,4-6,9-11H2,1-3H3,(H,18,19). The van der Waals surface area contributed by atoms with Gasteiger partial charge in [0.05, 0.1) is 18.0 Å². The second-order valence-corrected chi connectivity index (χ2v) is 5.85. The molecule has 1 aliphatic carbocycles. The zero-order chi connectivity index (χ0) is 14.6. The average molecular weight is 276 g/mol. The molecule has 1 fully saturated rings. The van der Waals surface area contributed by atoms with Crippen molar-refractivity contribution in [3.8, 4) is 5.88 Å². The molecule has 0 spiro atoms. The first-order valence-corrected chi connectivity index (χ1v) is 7.47. The summed E-state index contributed by atoms with van der Waals surface area (Å²) in [5.74, 6) is 0.733. The highest BCUT2D eigenvalue weighted by atomic mass is 16.5. The van der Waals surface area contributed by atoms with Crippen molar-refractivity contribution in [3.05, 3.63) is 17.8 Å². The third-order valence-electron chi connectivity index (χ3n) is 4.02. The van der Waals surface area contributed by atoms with Gasteiger partial charge in [0.2, 0.25) is 11.8 Å². The number of aromatic nitrogens is 1. The van der Waals surface area contributed by atoms with Crippen LogP contribution in [0.3, 0.4) is 0 Å². The summed E-state index contributed by atoms with van der Waals surface area (Å²) in [6, 6.07) is 3.69. The highest BCUT2D eigenvalue weighted by Crippen LogP contribution is 2.38. The average Bonchev–Trinajstić information content (AvgIpc) is 2.87. The molecule has 0 bridgehead atoms. The Morgan fingerprint density at radius 3 is 2.70 bits per heavy atom. The molecule has 0 saturated heterocycles. The largest absolute Gasteiger partial charge is 0.478 e. The summed E-state index contributed by atoms with van der Waals surface area (Å²) in [5.41, 5.74) is 1.37. The lowest BCUT2D eigenvalue weighted by atomic mass is 9.88. The molecule has 0 unspecified atom stereocenters. The molecule has 20 heavy (non-hydrogen) atoms. The number of nitrogens with zero attached hydrogens (tertiary/aromatic N) is 1. The van der Waals surface area contributed by atoms with Crippen molar-refractivity contribution in [2.75, 3.05) is 11.9 Å². The summed E-state index contributed by atoms with van der Waals surface area (Å²) < 4.78 is 5.49. The number of rotatable bonds is 5. The number of amides is 1. The Morgan fingerprint density at radius 1 is 1.40 bits per heavy atom. The summed E-state index contributed by atoms with van der Waals surface area (Å²) in [5, 5.41) is 3.02. The van der Waals surface area contributed by atoms with E-state index in [0.29, 0.717) is 12.5 Å². The van der Waals surface area contributed by atoms with Crippen LogP contribution in [-0.4, -0.2) is 17.5 Å². The molecule has 1 aromatic heterocycles. The second-order valence-electron chi connectivity index (χ2n) is 5.85. The van der Waals surface area contributed by atoms with E-state index in [0.717, 1.165) is 43.5 Å². The number of pyridine rings is 1. The van der Waals surface area contributed by atoms with E-state index in [1.54, 1.807) is 0 Å². The number of carbonyl (C=O) groups is 1. The van der Waals surface area contributed by atoms with Crippen LogP contribution in [0.15, 0.2) is 12.1 Å². The number of aryl methyl sites for hydroxylation is 1. The molecule has 110 valence electrons. The van der Waals surface area contributed by atoms with Gasteiger partial charge in [0, 0.05) is 11.5 Å². The molecule has 2 rings (SSSR count). The van der Waals surface area contributed by atoms with E-state index in [1.807, 2.05) is 19.1 Å². The Kier molecular flexibility index (Phi) is 4.63. The minimum atomic E-state index is -0.218. The monoisotopic (exact) mass is 276 g/mol. The van der Waals surface area contributed by atoms with Gasteiger partial charge < -0.3 is 10.1 Å². The van der Waals surface area contributed by atoms with Gasteiger partial charge in [0.15, 0.2) is 0 Å². The van der Waals surface area contributed by atoms with Gasteiger partial charge in [-0.15, -0.1) is 0 Å². The molecule has 1 aromatic rings. The van der Waals surface area contributed by atoms with Crippen molar-refractivity contribution < 1.29 is 9.53 Å². The summed E-state index contributed by atoms with van der Waals surface area (Å²) in [4.78, 5) is 16.8. The number of anilines is 1. The minimum absolute atomic E-state index is 0.113. The minimum Gasteiger partial charge on any atom is -0.478 e. The lowest BCUT2D eigenvalue weighted by Crippen LogP contribution is -2.31. The van der Waals surface area contributed by atoms with Gasteiger partial charge in [-0.1, -0.05) is 26.7 Å². The fourth-order valence-electron chi connectivity index (χ4n) is 2.61. The highest BCUT2D eigenvalue weighted by molar-refractivity contribution is 5.95. The normalized spacial score (nSPS) is 16.9. The molecule has 4 heteroatoms. The zero-order valence-corrected chi connectivity index (χ0v) is 12.7. The molecule has 1 saturated carbocycles. The van der Waals surface area contributed by atoms with Crippen LogP contribution in [0, 0.1) is 12.3 Å².